The third-order valence-corrected chi connectivity index (χ3v) is 8.79. The lowest BCUT2D eigenvalue weighted by molar-refractivity contribution is 0.117. The van der Waals surface area contributed by atoms with E-state index in [9.17, 15) is 13.2 Å². The Morgan fingerprint density at radius 3 is 2.60 bits per heavy atom. The van der Waals surface area contributed by atoms with Crippen LogP contribution in [0.5, 0.6) is 11.6 Å². The van der Waals surface area contributed by atoms with Gasteiger partial charge in [0.1, 0.15) is 11.3 Å². The number of methoxy groups -OCH3 is 1. The van der Waals surface area contributed by atoms with Gasteiger partial charge in [0.15, 0.2) is 4.21 Å². The maximum absolute atomic E-state index is 13.0. The fraction of sp³-hybridized carbons (Fsp3) is 0.304. The zero-order valence-corrected chi connectivity index (χ0v) is 20.9. The molecule has 1 N–H and O–H groups in total. The van der Waals surface area contributed by atoms with Crippen LogP contribution in [-0.4, -0.2) is 41.0 Å². The second-order valence-electron chi connectivity index (χ2n) is 8.24. The van der Waals surface area contributed by atoms with Crippen molar-refractivity contribution in [1.82, 2.24) is 19.4 Å². The summed E-state index contributed by atoms with van der Waals surface area (Å²) in [5, 5.41) is 0.651. The van der Waals surface area contributed by atoms with E-state index in [1.807, 2.05) is 0 Å². The van der Waals surface area contributed by atoms with Crippen molar-refractivity contribution in [3.8, 4) is 22.8 Å². The lowest BCUT2D eigenvalue weighted by Gasteiger charge is -2.25. The van der Waals surface area contributed by atoms with Gasteiger partial charge in [-0.2, -0.15) is 0 Å². The zero-order valence-electron chi connectivity index (χ0n) is 19.3. The average molecular weight is 514 g/mol. The molecule has 0 bridgehead atoms. The van der Waals surface area contributed by atoms with E-state index in [0.717, 1.165) is 30.6 Å². The summed E-state index contributed by atoms with van der Waals surface area (Å²) in [6.07, 6.45) is 7.65. The van der Waals surface area contributed by atoms with Gasteiger partial charge < -0.3 is 9.47 Å². The molecule has 4 aromatic heterocycles. The number of sulfonamides is 1. The predicted molar refractivity (Wildman–Crippen MR) is 132 cm³/mol. The molecule has 0 saturated heterocycles. The molecule has 182 valence electrons. The van der Waals surface area contributed by atoms with E-state index in [2.05, 4.69) is 19.7 Å². The lowest BCUT2D eigenvalue weighted by atomic mass is 9.96. The average Bonchev–Trinajstić information content (AvgIpc) is 3.16. The Morgan fingerprint density at radius 2 is 1.94 bits per heavy atom. The van der Waals surface area contributed by atoms with E-state index in [1.54, 1.807) is 44.4 Å². The molecular weight excluding hydrogens is 490 g/mol. The van der Waals surface area contributed by atoms with Gasteiger partial charge in [-0.25, -0.2) is 23.4 Å². The lowest BCUT2D eigenvalue weighted by Crippen LogP contribution is -2.28. The van der Waals surface area contributed by atoms with E-state index in [0.29, 0.717) is 27.5 Å². The molecule has 1 saturated carbocycles. The van der Waals surface area contributed by atoms with Gasteiger partial charge in [-0.15, -0.1) is 11.3 Å². The number of aryl methyl sites for hydroxylation is 2. The van der Waals surface area contributed by atoms with Crippen molar-refractivity contribution in [1.29, 1.82) is 0 Å². The minimum atomic E-state index is -3.91. The molecule has 1 fully saturated rings. The van der Waals surface area contributed by atoms with Crippen molar-refractivity contribution in [2.24, 2.45) is 0 Å². The molecule has 4 heterocycles. The largest absolute Gasteiger partial charge is 0.483 e. The number of fused-ring (bicyclic) bond motifs is 1. The number of hydrogen-bond acceptors (Lipinski definition) is 9. The first-order valence-corrected chi connectivity index (χ1v) is 13.2. The first kappa shape index (κ1) is 23.2. The monoisotopic (exact) mass is 513 g/mol. The van der Waals surface area contributed by atoms with E-state index in [-0.39, 0.29) is 33.2 Å². The summed E-state index contributed by atoms with van der Waals surface area (Å²) in [6.45, 7) is 3.40. The van der Waals surface area contributed by atoms with Gasteiger partial charge >= 0.3 is 0 Å². The number of anilines is 1. The molecule has 1 aliphatic carbocycles. The molecular formula is C23H23N5O5S2. The zero-order chi connectivity index (χ0) is 24.7. The van der Waals surface area contributed by atoms with Gasteiger partial charge in [0.05, 0.1) is 30.1 Å². The van der Waals surface area contributed by atoms with Crippen LogP contribution in [0.15, 0.2) is 45.8 Å². The molecule has 1 aliphatic rings. The minimum Gasteiger partial charge on any atom is -0.483 e. The first-order chi connectivity index (χ1) is 16.7. The normalized spacial score (nSPS) is 14.0. The SMILES string of the molecule is COc1ncc(-c2ccc3ncc(OC4CCC4)c(=O)n3c2)cc1NS(=O)(=O)c1sc(C)nc1C. The van der Waals surface area contributed by atoms with E-state index in [4.69, 9.17) is 9.47 Å². The number of nitrogens with one attached hydrogen (secondary N) is 1. The number of hydrogen-bond donors (Lipinski definition) is 1. The topological polar surface area (TPSA) is 125 Å². The fourth-order valence-electron chi connectivity index (χ4n) is 3.78. The second kappa shape index (κ2) is 8.93. The van der Waals surface area contributed by atoms with Crippen LogP contribution < -0.4 is 19.8 Å². The van der Waals surface area contributed by atoms with Crippen molar-refractivity contribution < 1.29 is 17.9 Å². The van der Waals surface area contributed by atoms with Gasteiger partial charge in [0.25, 0.3) is 15.6 Å². The number of nitrogens with zero attached hydrogens (tertiary/aromatic N) is 4. The molecule has 0 atom stereocenters. The first-order valence-electron chi connectivity index (χ1n) is 10.9. The van der Waals surface area contributed by atoms with Gasteiger partial charge in [-0.1, -0.05) is 0 Å². The van der Waals surface area contributed by atoms with Crippen molar-refractivity contribution in [3.63, 3.8) is 0 Å². The van der Waals surface area contributed by atoms with Crippen LogP contribution in [0.25, 0.3) is 16.8 Å². The summed E-state index contributed by atoms with van der Waals surface area (Å²) in [7, 11) is -2.50. The molecule has 0 unspecified atom stereocenters. The molecule has 0 amide bonds. The van der Waals surface area contributed by atoms with Crippen molar-refractivity contribution in [2.75, 3.05) is 11.8 Å². The number of aromatic nitrogens is 4. The van der Waals surface area contributed by atoms with Crippen molar-refractivity contribution in [3.05, 3.63) is 57.8 Å². The molecule has 12 heteroatoms. The molecule has 0 aliphatic heterocycles. The maximum atomic E-state index is 13.0. The molecule has 5 rings (SSSR count). The van der Waals surface area contributed by atoms with Gasteiger partial charge in [0.2, 0.25) is 11.6 Å². The smallest absolute Gasteiger partial charge is 0.300 e. The van der Waals surface area contributed by atoms with Crippen LogP contribution in [0.1, 0.15) is 30.0 Å². The highest BCUT2D eigenvalue weighted by Crippen LogP contribution is 2.32. The Bertz CT molecular complexity index is 1590. The second-order valence-corrected chi connectivity index (χ2v) is 11.3. The van der Waals surface area contributed by atoms with E-state index < -0.39 is 10.0 Å². The van der Waals surface area contributed by atoms with E-state index >= 15 is 0 Å². The van der Waals surface area contributed by atoms with Crippen molar-refractivity contribution >= 4 is 32.7 Å². The Balaban J connectivity index is 1.53. The third kappa shape index (κ3) is 4.46. The summed E-state index contributed by atoms with van der Waals surface area (Å²) in [5.74, 6) is 0.327. The highest BCUT2D eigenvalue weighted by atomic mass is 32.2. The van der Waals surface area contributed by atoms with Gasteiger partial charge in [0, 0.05) is 23.5 Å². The Morgan fingerprint density at radius 1 is 1.14 bits per heavy atom. The summed E-state index contributed by atoms with van der Waals surface area (Å²) in [5.41, 5.74) is 1.98. The van der Waals surface area contributed by atoms with Crippen LogP contribution in [0.4, 0.5) is 5.69 Å². The molecule has 0 radical (unpaired) electrons. The molecule has 10 nitrogen and oxygen atoms in total. The number of thiazole rings is 1. The number of ether oxygens (including phenoxy) is 2. The molecule has 4 aromatic rings. The standard InChI is InChI=1S/C23H23N5O5S2/c1-13-23(34-14(2)26-13)35(30,31)27-18-9-16(10-25-21(18)32-3)15-7-8-20-24-11-19(22(29)28(20)12-15)33-17-5-4-6-17/h7-12,17,27H,4-6H2,1-3H3. The van der Waals surface area contributed by atoms with Crippen LogP contribution in [-0.2, 0) is 10.0 Å². The summed E-state index contributed by atoms with van der Waals surface area (Å²) in [6, 6.07) is 5.11. The minimum absolute atomic E-state index is 0.0538. The highest BCUT2D eigenvalue weighted by molar-refractivity contribution is 7.94. The third-order valence-electron chi connectivity index (χ3n) is 5.74. The van der Waals surface area contributed by atoms with Crippen LogP contribution >= 0.6 is 11.3 Å². The number of pyridine rings is 2. The maximum Gasteiger partial charge on any atom is 0.300 e. The molecule has 35 heavy (non-hydrogen) atoms. The molecule has 0 aromatic carbocycles. The summed E-state index contributed by atoms with van der Waals surface area (Å²) < 4.78 is 41.2. The Kier molecular flexibility index (Phi) is 5.93. The van der Waals surface area contributed by atoms with E-state index in [1.165, 1.54) is 17.7 Å². The quantitative estimate of drug-likeness (QED) is 0.398. The van der Waals surface area contributed by atoms with Gasteiger partial charge in [-0.3, -0.25) is 13.9 Å². The van der Waals surface area contributed by atoms with Crippen molar-refractivity contribution in [2.45, 2.75) is 43.4 Å². The predicted octanol–water partition coefficient (Wildman–Crippen LogP) is 3.57. The number of rotatable bonds is 7. The Labute approximate surface area is 205 Å². The van der Waals surface area contributed by atoms with Crippen LogP contribution in [0, 0.1) is 13.8 Å². The van der Waals surface area contributed by atoms with Crippen LogP contribution in [0.2, 0.25) is 0 Å². The molecule has 0 spiro atoms. The Hall–Kier alpha value is -3.51. The van der Waals surface area contributed by atoms with Gasteiger partial charge in [-0.05, 0) is 51.3 Å². The van der Waals surface area contributed by atoms with Crippen LogP contribution in [0.3, 0.4) is 0 Å². The summed E-state index contributed by atoms with van der Waals surface area (Å²) in [4.78, 5) is 25.8. The summed E-state index contributed by atoms with van der Waals surface area (Å²) >= 11 is 1.09. The highest BCUT2D eigenvalue weighted by Gasteiger charge is 2.24. The fourth-order valence-corrected chi connectivity index (χ4v) is 6.31.